The molecule has 21 heavy (non-hydrogen) atoms. The van der Waals surface area contributed by atoms with E-state index >= 15 is 0 Å². The van der Waals surface area contributed by atoms with E-state index in [1.807, 2.05) is 6.92 Å². The molecule has 0 radical (unpaired) electrons. The summed E-state index contributed by atoms with van der Waals surface area (Å²) in [5.74, 6) is 0.217. The molecule has 3 rings (SSSR count). The predicted molar refractivity (Wildman–Crippen MR) is 78.4 cm³/mol. The molecule has 1 atom stereocenters. The highest BCUT2D eigenvalue weighted by Gasteiger charge is 2.22. The molecule has 0 spiro atoms. The van der Waals surface area contributed by atoms with Gasteiger partial charge in [-0.1, -0.05) is 16.7 Å². The number of nitrogens with one attached hydrogen (secondary N) is 2. The molecule has 2 N–H and O–H groups in total. The topological polar surface area (TPSA) is 80.0 Å². The van der Waals surface area contributed by atoms with Crippen molar-refractivity contribution in [1.82, 2.24) is 15.5 Å². The third-order valence-electron chi connectivity index (χ3n) is 3.45. The highest BCUT2D eigenvalue weighted by Crippen LogP contribution is 2.23. The van der Waals surface area contributed by atoms with E-state index in [0.29, 0.717) is 16.5 Å². The second kappa shape index (κ2) is 5.83. The number of nitrogens with zero attached hydrogens (tertiary/aromatic N) is 2. The number of anilines is 1. The lowest BCUT2D eigenvalue weighted by Crippen LogP contribution is -2.14. The maximum Gasteiger partial charge on any atom is 0.322 e. The van der Waals surface area contributed by atoms with Crippen molar-refractivity contribution in [3.63, 3.8) is 0 Å². The molecular weight excluding hydrogens is 292 g/mol. The number of amides is 1. The average molecular weight is 307 g/mol. The minimum atomic E-state index is -0.293. The molecule has 2 heterocycles. The molecule has 6 nitrogen and oxygen atoms in total. The summed E-state index contributed by atoms with van der Waals surface area (Å²) in [5.41, 5.74) is 1.32. The van der Waals surface area contributed by atoms with E-state index in [9.17, 15) is 4.79 Å². The van der Waals surface area contributed by atoms with Gasteiger partial charge >= 0.3 is 6.01 Å². The zero-order chi connectivity index (χ0) is 14.8. The van der Waals surface area contributed by atoms with E-state index in [2.05, 4.69) is 20.8 Å². The van der Waals surface area contributed by atoms with Gasteiger partial charge < -0.3 is 9.73 Å². The quantitative estimate of drug-likeness (QED) is 0.911. The van der Waals surface area contributed by atoms with Crippen LogP contribution in [-0.4, -0.2) is 22.6 Å². The highest BCUT2D eigenvalue weighted by atomic mass is 35.5. The van der Waals surface area contributed by atoms with Crippen LogP contribution in [0.25, 0.3) is 0 Å². The van der Waals surface area contributed by atoms with Crippen molar-refractivity contribution in [1.29, 1.82) is 0 Å². The molecule has 110 valence electrons. The third kappa shape index (κ3) is 3.06. The minimum absolute atomic E-state index is 0.0837. The Kier molecular flexibility index (Phi) is 3.90. The first-order valence-electron chi connectivity index (χ1n) is 6.78. The van der Waals surface area contributed by atoms with Gasteiger partial charge in [-0.05, 0) is 50.1 Å². The fourth-order valence-corrected chi connectivity index (χ4v) is 2.59. The molecule has 7 heteroatoms. The fourth-order valence-electron chi connectivity index (χ4n) is 2.37. The van der Waals surface area contributed by atoms with Gasteiger partial charge in [-0.15, -0.1) is 5.10 Å². The predicted octanol–water partition coefficient (Wildman–Crippen LogP) is 2.71. The van der Waals surface area contributed by atoms with Crippen molar-refractivity contribution in [2.75, 3.05) is 11.9 Å². The van der Waals surface area contributed by atoms with Crippen molar-refractivity contribution in [2.24, 2.45) is 0 Å². The van der Waals surface area contributed by atoms with Gasteiger partial charge in [-0.3, -0.25) is 10.1 Å². The molecular formula is C14H15ClN4O2. The van der Waals surface area contributed by atoms with Crippen molar-refractivity contribution in [2.45, 2.75) is 25.8 Å². The number of rotatable bonds is 3. The van der Waals surface area contributed by atoms with Gasteiger partial charge in [-0.25, -0.2) is 0 Å². The van der Waals surface area contributed by atoms with Crippen molar-refractivity contribution in [3.8, 4) is 0 Å². The van der Waals surface area contributed by atoms with E-state index in [0.717, 1.165) is 24.9 Å². The summed E-state index contributed by atoms with van der Waals surface area (Å²) >= 11 is 5.88. The SMILES string of the molecule is Cc1cc(Cl)ccc1C(=O)Nc1nnc(C2CCCN2)o1. The van der Waals surface area contributed by atoms with Gasteiger partial charge in [0.05, 0.1) is 6.04 Å². The van der Waals surface area contributed by atoms with E-state index in [1.165, 1.54) is 0 Å². The maximum absolute atomic E-state index is 12.2. The first-order chi connectivity index (χ1) is 10.1. The molecule has 0 saturated carbocycles. The Morgan fingerprint density at radius 3 is 3.05 bits per heavy atom. The van der Waals surface area contributed by atoms with E-state index in [-0.39, 0.29) is 18.0 Å². The number of hydrogen-bond acceptors (Lipinski definition) is 5. The molecule has 1 aliphatic heterocycles. The molecule has 1 fully saturated rings. The fraction of sp³-hybridized carbons (Fsp3) is 0.357. The first kappa shape index (κ1) is 14.0. The summed E-state index contributed by atoms with van der Waals surface area (Å²) in [4.78, 5) is 12.2. The zero-order valence-electron chi connectivity index (χ0n) is 11.5. The van der Waals surface area contributed by atoms with E-state index in [1.54, 1.807) is 18.2 Å². The van der Waals surface area contributed by atoms with Gasteiger partial charge in [-0.2, -0.15) is 0 Å². The van der Waals surface area contributed by atoms with Crippen LogP contribution in [0.5, 0.6) is 0 Å². The summed E-state index contributed by atoms with van der Waals surface area (Å²) in [6.45, 7) is 2.77. The summed E-state index contributed by atoms with van der Waals surface area (Å²) in [6, 6.07) is 5.27. The minimum Gasteiger partial charge on any atom is -0.406 e. The van der Waals surface area contributed by atoms with Crippen LogP contribution in [0, 0.1) is 6.92 Å². The summed E-state index contributed by atoms with van der Waals surface area (Å²) in [6.07, 6.45) is 2.05. The van der Waals surface area contributed by atoms with Gasteiger partial charge in [0.15, 0.2) is 0 Å². The molecule has 1 aliphatic rings. The first-order valence-corrected chi connectivity index (χ1v) is 7.15. The lowest BCUT2D eigenvalue weighted by Gasteiger charge is -2.05. The molecule has 1 unspecified atom stereocenters. The van der Waals surface area contributed by atoms with Crippen LogP contribution < -0.4 is 10.6 Å². The second-order valence-corrected chi connectivity index (χ2v) is 5.44. The van der Waals surface area contributed by atoms with Gasteiger partial charge in [0.1, 0.15) is 0 Å². The third-order valence-corrected chi connectivity index (χ3v) is 3.69. The van der Waals surface area contributed by atoms with Crippen molar-refractivity contribution >= 4 is 23.5 Å². The molecule has 1 aromatic heterocycles. The van der Waals surface area contributed by atoms with Gasteiger partial charge in [0.2, 0.25) is 5.89 Å². The van der Waals surface area contributed by atoms with Crippen LogP contribution >= 0.6 is 11.6 Å². The zero-order valence-corrected chi connectivity index (χ0v) is 12.3. The molecule has 1 aromatic carbocycles. The Balaban J connectivity index is 1.72. The Labute approximate surface area is 126 Å². The molecule has 0 bridgehead atoms. The van der Waals surface area contributed by atoms with E-state index < -0.39 is 0 Å². The van der Waals surface area contributed by atoms with Crippen LogP contribution in [0.2, 0.25) is 5.02 Å². The monoisotopic (exact) mass is 306 g/mol. The summed E-state index contributed by atoms with van der Waals surface area (Å²) < 4.78 is 5.48. The van der Waals surface area contributed by atoms with Gasteiger partial charge in [0.25, 0.3) is 5.91 Å². The number of hydrogen-bond donors (Lipinski definition) is 2. The average Bonchev–Trinajstić information content (AvgIpc) is 3.08. The molecule has 1 saturated heterocycles. The Hall–Kier alpha value is -1.92. The molecule has 1 amide bonds. The summed E-state index contributed by atoms with van der Waals surface area (Å²) in [7, 11) is 0. The maximum atomic E-state index is 12.2. The van der Waals surface area contributed by atoms with Crippen molar-refractivity contribution < 1.29 is 9.21 Å². The lowest BCUT2D eigenvalue weighted by molar-refractivity contribution is 0.102. The summed E-state index contributed by atoms with van der Waals surface area (Å²) in [5, 5.41) is 14.3. The standard InChI is InChI=1S/C14H15ClN4O2/c1-8-7-9(15)4-5-10(8)12(20)17-14-19-18-13(21-14)11-3-2-6-16-11/h4-5,7,11,16H,2-3,6H2,1H3,(H,17,19,20). The Morgan fingerprint density at radius 1 is 1.48 bits per heavy atom. The lowest BCUT2D eigenvalue weighted by atomic mass is 10.1. The second-order valence-electron chi connectivity index (χ2n) is 5.01. The Morgan fingerprint density at radius 2 is 2.33 bits per heavy atom. The largest absolute Gasteiger partial charge is 0.406 e. The molecule has 0 aliphatic carbocycles. The number of aromatic nitrogens is 2. The number of benzene rings is 1. The number of aryl methyl sites for hydroxylation is 1. The number of carbonyl (C=O) groups excluding carboxylic acids is 1. The Bertz CT molecular complexity index is 665. The van der Waals surface area contributed by atoms with Crippen LogP contribution in [-0.2, 0) is 0 Å². The van der Waals surface area contributed by atoms with Crippen LogP contribution in [0.1, 0.15) is 40.7 Å². The number of halogens is 1. The van der Waals surface area contributed by atoms with Crippen LogP contribution in [0.3, 0.4) is 0 Å². The number of carbonyl (C=O) groups is 1. The smallest absolute Gasteiger partial charge is 0.322 e. The molecule has 2 aromatic rings. The van der Waals surface area contributed by atoms with Crippen LogP contribution in [0.15, 0.2) is 22.6 Å². The van der Waals surface area contributed by atoms with Crippen molar-refractivity contribution in [3.05, 3.63) is 40.2 Å². The van der Waals surface area contributed by atoms with Crippen LogP contribution in [0.4, 0.5) is 6.01 Å². The van der Waals surface area contributed by atoms with E-state index in [4.69, 9.17) is 16.0 Å². The van der Waals surface area contributed by atoms with Gasteiger partial charge in [0, 0.05) is 10.6 Å². The normalized spacial score (nSPS) is 17.9. The highest BCUT2D eigenvalue weighted by molar-refractivity contribution is 6.30.